The topological polar surface area (TPSA) is 60.2 Å². The predicted molar refractivity (Wildman–Crippen MR) is 62.0 cm³/mol. The Hall–Kier alpha value is -1.73. The van der Waals surface area contributed by atoms with Crippen molar-refractivity contribution in [2.45, 2.75) is 6.61 Å². The van der Waals surface area contributed by atoms with Crippen molar-refractivity contribution in [3.8, 4) is 17.0 Å². The van der Waals surface area contributed by atoms with Crippen LogP contribution in [0, 0.1) is 0 Å². The minimum Gasteiger partial charge on any atom is -0.434 e. The van der Waals surface area contributed by atoms with E-state index in [9.17, 15) is 8.78 Å². The van der Waals surface area contributed by atoms with Crippen LogP contribution in [0.15, 0.2) is 29.6 Å². The van der Waals surface area contributed by atoms with Gasteiger partial charge in [0.15, 0.2) is 5.13 Å². The van der Waals surface area contributed by atoms with Gasteiger partial charge in [-0.2, -0.15) is 8.78 Å². The Kier molecular flexibility index (Phi) is 3.50. The van der Waals surface area contributed by atoms with Gasteiger partial charge in [0.05, 0.1) is 5.69 Å². The second-order valence-corrected chi connectivity index (χ2v) is 3.92. The summed E-state index contributed by atoms with van der Waals surface area (Å²) in [5.41, 5.74) is 3.44. The average Bonchev–Trinajstić information content (AvgIpc) is 2.77. The molecule has 17 heavy (non-hydrogen) atoms. The number of nitrogen functional groups attached to an aromatic ring is 1. The zero-order valence-electron chi connectivity index (χ0n) is 8.56. The lowest BCUT2D eigenvalue weighted by Gasteiger charge is -2.08. The number of hydrazine groups is 1. The van der Waals surface area contributed by atoms with E-state index in [0.717, 1.165) is 0 Å². The molecule has 7 heteroatoms. The average molecular weight is 257 g/mol. The first-order valence-corrected chi connectivity index (χ1v) is 5.55. The summed E-state index contributed by atoms with van der Waals surface area (Å²) < 4.78 is 28.9. The molecule has 1 heterocycles. The maximum absolute atomic E-state index is 12.2. The summed E-state index contributed by atoms with van der Waals surface area (Å²) >= 11 is 1.28. The van der Waals surface area contributed by atoms with E-state index in [0.29, 0.717) is 16.4 Å². The van der Waals surface area contributed by atoms with Gasteiger partial charge in [-0.3, -0.25) is 5.43 Å². The number of aromatic nitrogens is 1. The number of anilines is 1. The zero-order chi connectivity index (χ0) is 12.3. The van der Waals surface area contributed by atoms with E-state index < -0.39 is 6.61 Å². The molecule has 1 aromatic heterocycles. The number of nitrogens with zero attached hydrogens (tertiary/aromatic N) is 1. The number of rotatable bonds is 4. The van der Waals surface area contributed by atoms with E-state index in [2.05, 4.69) is 15.1 Å². The number of hydrogen-bond donors (Lipinski definition) is 2. The quantitative estimate of drug-likeness (QED) is 0.653. The van der Waals surface area contributed by atoms with Gasteiger partial charge in [0, 0.05) is 10.9 Å². The van der Waals surface area contributed by atoms with E-state index in [-0.39, 0.29) is 5.75 Å². The molecular weight excluding hydrogens is 248 g/mol. The first-order valence-electron chi connectivity index (χ1n) is 4.67. The lowest BCUT2D eigenvalue weighted by molar-refractivity contribution is -0.0494. The van der Waals surface area contributed by atoms with Gasteiger partial charge < -0.3 is 4.74 Å². The Balaban J connectivity index is 2.36. The van der Waals surface area contributed by atoms with Crippen molar-refractivity contribution < 1.29 is 13.5 Å². The minimum absolute atomic E-state index is 0.0939. The first kappa shape index (κ1) is 11.7. The second kappa shape index (κ2) is 5.07. The van der Waals surface area contributed by atoms with E-state index in [1.54, 1.807) is 23.6 Å². The molecular formula is C10H9F2N3OS. The fourth-order valence-electron chi connectivity index (χ4n) is 1.34. The molecule has 1 aromatic carbocycles. The SMILES string of the molecule is NNc1nc(-c2ccccc2OC(F)F)cs1. The molecule has 0 spiro atoms. The van der Waals surface area contributed by atoms with Gasteiger partial charge in [-0.05, 0) is 12.1 Å². The molecule has 2 rings (SSSR count). The van der Waals surface area contributed by atoms with Crippen LogP contribution in [-0.2, 0) is 0 Å². The van der Waals surface area contributed by atoms with Crippen molar-refractivity contribution in [2.75, 3.05) is 5.43 Å². The van der Waals surface area contributed by atoms with Gasteiger partial charge >= 0.3 is 6.61 Å². The largest absolute Gasteiger partial charge is 0.434 e. The highest BCUT2D eigenvalue weighted by atomic mass is 32.1. The van der Waals surface area contributed by atoms with Crippen molar-refractivity contribution >= 4 is 16.5 Å². The second-order valence-electron chi connectivity index (χ2n) is 3.06. The van der Waals surface area contributed by atoms with Crippen LogP contribution in [0.2, 0.25) is 0 Å². The van der Waals surface area contributed by atoms with Gasteiger partial charge in [0.2, 0.25) is 0 Å². The molecule has 0 aliphatic rings. The van der Waals surface area contributed by atoms with Crippen LogP contribution in [-0.4, -0.2) is 11.6 Å². The number of alkyl halides is 2. The summed E-state index contributed by atoms with van der Waals surface area (Å²) in [7, 11) is 0. The Bertz CT molecular complexity index is 504. The molecule has 2 aromatic rings. The molecule has 0 unspecified atom stereocenters. The maximum atomic E-state index is 12.2. The molecule has 3 N–H and O–H groups in total. The van der Waals surface area contributed by atoms with Crippen LogP contribution in [0.25, 0.3) is 11.3 Å². The minimum atomic E-state index is -2.86. The summed E-state index contributed by atoms with van der Waals surface area (Å²) in [5, 5.41) is 2.22. The van der Waals surface area contributed by atoms with Gasteiger partial charge in [0.25, 0.3) is 0 Å². The molecule has 0 aliphatic heterocycles. The number of hydrogen-bond acceptors (Lipinski definition) is 5. The molecule has 0 saturated heterocycles. The van der Waals surface area contributed by atoms with Crippen LogP contribution in [0.1, 0.15) is 0 Å². The van der Waals surface area contributed by atoms with Crippen LogP contribution in [0.4, 0.5) is 13.9 Å². The number of benzene rings is 1. The zero-order valence-corrected chi connectivity index (χ0v) is 9.38. The molecule has 90 valence electrons. The third-order valence-electron chi connectivity index (χ3n) is 2.01. The van der Waals surface area contributed by atoms with Crippen molar-refractivity contribution in [1.82, 2.24) is 4.98 Å². The molecule has 0 radical (unpaired) electrons. The van der Waals surface area contributed by atoms with Crippen LogP contribution in [0.3, 0.4) is 0 Å². The van der Waals surface area contributed by atoms with E-state index in [1.807, 2.05) is 0 Å². The van der Waals surface area contributed by atoms with Crippen LogP contribution >= 0.6 is 11.3 Å². The van der Waals surface area contributed by atoms with E-state index in [1.165, 1.54) is 17.4 Å². The highest BCUT2D eigenvalue weighted by Gasteiger charge is 2.12. The molecule has 0 bridgehead atoms. The molecule has 0 aliphatic carbocycles. The summed E-state index contributed by atoms with van der Waals surface area (Å²) in [6.45, 7) is -2.86. The third-order valence-corrected chi connectivity index (χ3v) is 2.78. The highest BCUT2D eigenvalue weighted by molar-refractivity contribution is 7.14. The molecule has 0 fully saturated rings. The molecule has 0 amide bonds. The van der Waals surface area contributed by atoms with Crippen molar-refractivity contribution in [2.24, 2.45) is 5.84 Å². The Labute approximate surface area is 100 Å². The van der Waals surface area contributed by atoms with Gasteiger partial charge in [-0.1, -0.05) is 12.1 Å². The Morgan fingerprint density at radius 1 is 1.35 bits per heavy atom. The number of para-hydroxylation sites is 1. The molecule has 4 nitrogen and oxygen atoms in total. The summed E-state index contributed by atoms with van der Waals surface area (Å²) in [6.07, 6.45) is 0. The molecule has 0 saturated carbocycles. The van der Waals surface area contributed by atoms with Gasteiger partial charge in [-0.25, -0.2) is 10.8 Å². The van der Waals surface area contributed by atoms with Crippen molar-refractivity contribution in [1.29, 1.82) is 0 Å². The lowest BCUT2D eigenvalue weighted by Crippen LogP contribution is -2.06. The number of nitrogens with one attached hydrogen (secondary N) is 1. The predicted octanol–water partition coefficient (Wildman–Crippen LogP) is 2.70. The highest BCUT2D eigenvalue weighted by Crippen LogP contribution is 2.32. The van der Waals surface area contributed by atoms with E-state index >= 15 is 0 Å². The van der Waals surface area contributed by atoms with Crippen molar-refractivity contribution in [3.05, 3.63) is 29.6 Å². The normalized spacial score (nSPS) is 10.6. The van der Waals surface area contributed by atoms with Gasteiger partial charge in [-0.15, -0.1) is 11.3 Å². The van der Waals surface area contributed by atoms with Crippen LogP contribution < -0.4 is 16.0 Å². The van der Waals surface area contributed by atoms with Crippen molar-refractivity contribution in [3.63, 3.8) is 0 Å². The van der Waals surface area contributed by atoms with E-state index in [4.69, 9.17) is 5.84 Å². The fraction of sp³-hybridized carbons (Fsp3) is 0.100. The summed E-state index contributed by atoms with van der Waals surface area (Å²) in [5.74, 6) is 5.30. The standard InChI is InChI=1S/C10H9F2N3OS/c11-9(12)16-8-4-2-1-3-6(8)7-5-17-10(14-7)15-13/h1-5,9H,13H2,(H,14,15). The summed E-state index contributed by atoms with van der Waals surface area (Å²) in [6, 6.07) is 6.47. The van der Waals surface area contributed by atoms with Crippen LogP contribution in [0.5, 0.6) is 5.75 Å². The first-order chi connectivity index (χ1) is 8.20. The number of thiazole rings is 1. The third kappa shape index (κ3) is 2.69. The Morgan fingerprint density at radius 2 is 2.12 bits per heavy atom. The lowest BCUT2D eigenvalue weighted by atomic mass is 10.1. The smallest absolute Gasteiger partial charge is 0.387 e. The number of halogens is 2. The monoisotopic (exact) mass is 257 g/mol. The molecule has 0 atom stereocenters. The Morgan fingerprint density at radius 3 is 2.76 bits per heavy atom. The number of nitrogens with two attached hydrogens (primary N) is 1. The summed E-state index contributed by atoms with van der Waals surface area (Å²) in [4.78, 5) is 4.12. The fourth-order valence-corrected chi connectivity index (χ4v) is 1.96. The number of ether oxygens (including phenoxy) is 1. The maximum Gasteiger partial charge on any atom is 0.387 e. The van der Waals surface area contributed by atoms with Gasteiger partial charge in [0.1, 0.15) is 5.75 Å².